The molecule has 1 aliphatic heterocycles. The van der Waals surface area contributed by atoms with Crippen LogP contribution in [-0.4, -0.2) is 30.8 Å². The summed E-state index contributed by atoms with van der Waals surface area (Å²) in [6, 6.07) is 4.47. The SMILES string of the molecule is CCOc1cc(CNC2CCOC2)ccn1. The Morgan fingerprint density at radius 1 is 1.62 bits per heavy atom. The molecule has 16 heavy (non-hydrogen) atoms. The Bertz CT molecular complexity index is 325. The number of pyridine rings is 1. The summed E-state index contributed by atoms with van der Waals surface area (Å²) in [5.74, 6) is 0.699. The lowest BCUT2D eigenvalue weighted by Crippen LogP contribution is -2.28. The van der Waals surface area contributed by atoms with Crippen LogP contribution in [0.5, 0.6) is 5.88 Å². The van der Waals surface area contributed by atoms with E-state index in [4.69, 9.17) is 9.47 Å². The molecule has 1 fully saturated rings. The van der Waals surface area contributed by atoms with Crippen LogP contribution in [0.15, 0.2) is 18.3 Å². The van der Waals surface area contributed by atoms with E-state index < -0.39 is 0 Å². The van der Waals surface area contributed by atoms with E-state index >= 15 is 0 Å². The lowest BCUT2D eigenvalue weighted by molar-refractivity contribution is 0.190. The van der Waals surface area contributed by atoms with Crippen LogP contribution in [0.2, 0.25) is 0 Å². The van der Waals surface area contributed by atoms with Crippen molar-refractivity contribution in [3.63, 3.8) is 0 Å². The zero-order chi connectivity index (χ0) is 11.2. The second-order valence-corrected chi connectivity index (χ2v) is 3.88. The summed E-state index contributed by atoms with van der Waals surface area (Å²) < 4.78 is 10.7. The first kappa shape index (κ1) is 11.4. The van der Waals surface area contributed by atoms with Gasteiger partial charge in [-0.1, -0.05) is 0 Å². The van der Waals surface area contributed by atoms with E-state index in [-0.39, 0.29) is 0 Å². The second kappa shape index (κ2) is 5.82. The summed E-state index contributed by atoms with van der Waals surface area (Å²) in [6.45, 7) is 5.15. The van der Waals surface area contributed by atoms with Crippen molar-refractivity contribution in [3.05, 3.63) is 23.9 Å². The molecule has 1 N–H and O–H groups in total. The van der Waals surface area contributed by atoms with Crippen molar-refractivity contribution < 1.29 is 9.47 Å². The van der Waals surface area contributed by atoms with Crippen molar-refractivity contribution in [1.82, 2.24) is 10.3 Å². The summed E-state index contributed by atoms with van der Waals surface area (Å²) in [4.78, 5) is 4.13. The molecule has 0 bridgehead atoms. The van der Waals surface area contributed by atoms with Crippen LogP contribution in [-0.2, 0) is 11.3 Å². The number of hydrogen-bond donors (Lipinski definition) is 1. The normalized spacial score (nSPS) is 19.9. The van der Waals surface area contributed by atoms with E-state index in [9.17, 15) is 0 Å². The molecule has 1 unspecified atom stereocenters. The van der Waals surface area contributed by atoms with Gasteiger partial charge in [-0.05, 0) is 25.0 Å². The van der Waals surface area contributed by atoms with Crippen LogP contribution in [0.4, 0.5) is 0 Å². The molecule has 2 rings (SSSR count). The van der Waals surface area contributed by atoms with Gasteiger partial charge in [0.2, 0.25) is 5.88 Å². The van der Waals surface area contributed by atoms with Gasteiger partial charge in [0.05, 0.1) is 13.2 Å². The average Bonchev–Trinajstić information content (AvgIpc) is 2.80. The second-order valence-electron chi connectivity index (χ2n) is 3.88. The first-order valence-corrected chi connectivity index (χ1v) is 5.77. The number of hydrogen-bond acceptors (Lipinski definition) is 4. The van der Waals surface area contributed by atoms with E-state index in [0.29, 0.717) is 18.5 Å². The zero-order valence-corrected chi connectivity index (χ0v) is 9.61. The standard InChI is InChI=1S/C12H18N2O2/c1-2-16-12-7-10(3-5-13-12)8-14-11-4-6-15-9-11/h3,5,7,11,14H,2,4,6,8-9H2,1H3. The van der Waals surface area contributed by atoms with E-state index in [1.54, 1.807) is 6.20 Å². The lowest BCUT2D eigenvalue weighted by Gasteiger charge is -2.10. The van der Waals surface area contributed by atoms with Gasteiger partial charge in [0.1, 0.15) is 0 Å². The van der Waals surface area contributed by atoms with E-state index in [1.165, 1.54) is 5.56 Å². The van der Waals surface area contributed by atoms with Crippen LogP contribution >= 0.6 is 0 Å². The number of rotatable bonds is 5. The predicted octanol–water partition coefficient (Wildman–Crippen LogP) is 1.36. The highest BCUT2D eigenvalue weighted by molar-refractivity contribution is 5.20. The number of nitrogens with zero attached hydrogens (tertiary/aromatic N) is 1. The van der Waals surface area contributed by atoms with E-state index in [1.807, 2.05) is 19.1 Å². The van der Waals surface area contributed by atoms with Gasteiger partial charge in [-0.2, -0.15) is 0 Å². The molecule has 0 saturated carbocycles. The molecular formula is C12H18N2O2. The number of nitrogens with one attached hydrogen (secondary N) is 1. The highest BCUT2D eigenvalue weighted by Crippen LogP contribution is 2.10. The Hall–Kier alpha value is -1.13. The van der Waals surface area contributed by atoms with Crippen LogP contribution in [0, 0.1) is 0 Å². The van der Waals surface area contributed by atoms with Crippen LogP contribution < -0.4 is 10.1 Å². The maximum absolute atomic E-state index is 5.35. The maximum atomic E-state index is 5.35. The Labute approximate surface area is 96.0 Å². The van der Waals surface area contributed by atoms with Crippen molar-refractivity contribution in [2.24, 2.45) is 0 Å². The molecule has 0 aliphatic carbocycles. The third kappa shape index (κ3) is 3.18. The molecule has 1 aromatic heterocycles. The van der Waals surface area contributed by atoms with Gasteiger partial charge in [0.25, 0.3) is 0 Å². The van der Waals surface area contributed by atoms with Crippen LogP contribution in [0.1, 0.15) is 18.9 Å². The molecule has 88 valence electrons. The van der Waals surface area contributed by atoms with Gasteiger partial charge in [-0.25, -0.2) is 4.98 Å². The molecule has 1 saturated heterocycles. The first-order chi connectivity index (χ1) is 7.88. The largest absolute Gasteiger partial charge is 0.478 e. The first-order valence-electron chi connectivity index (χ1n) is 5.77. The van der Waals surface area contributed by atoms with Gasteiger partial charge in [-0.15, -0.1) is 0 Å². The minimum Gasteiger partial charge on any atom is -0.478 e. The van der Waals surface area contributed by atoms with Gasteiger partial charge >= 0.3 is 0 Å². The molecular weight excluding hydrogens is 204 g/mol. The predicted molar refractivity (Wildman–Crippen MR) is 61.5 cm³/mol. The molecule has 0 spiro atoms. The van der Waals surface area contributed by atoms with E-state index in [0.717, 1.165) is 26.2 Å². The average molecular weight is 222 g/mol. The molecule has 1 aromatic rings. The summed E-state index contributed by atoms with van der Waals surface area (Å²) in [5.41, 5.74) is 1.20. The molecule has 2 heterocycles. The number of ether oxygens (including phenoxy) is 2. The van der Waals surface area contributed by atoms with Gasteiger partial charge in [0, 0.05) is 31.5 Å². The lowest BCUT2D eigenvalue weighted by atomic mass is 10.2. The molecule has 0 amide bonds. The summed E-state index contributed by atoms with van der Waals surface area (Å²) >= 11 is 0. The third-order valence-electron chi connectivity index (χ3n) is 2.62. The zero-order valence-electron chi connectivity index (χ0n) is 9.61. The molecule has 4 nitrogen and oxygen atoms in total. The Morgan fingerprint density at radius 2 is 2.56 bits per heavy atom. The van der Waals surface area contributed by atoms with Gasteiger partial charge < -0.3 is 14.8 Å². The van der Waals surface area contributed by atoms with Crippen LogP contribution in [0.25, 0.3) is 0 Å². The minimum absolute atomic E-state index is 0.490. The fourth-order valence-electron chi connectivity index (χ4n) is 1.74. The van der Waals surface area contributed by atoms with E-state index in [2.05, 4.69) is 10.3 Å². The van der Waals surface area contributed by atoms with Crippen LogP contribution in [0.3, 0.4) is 0 Å². The molecule has 4 heteroatoms. The third-order valence-corrected chi connectivity index (χ3v) is 2.62. The smallest absolute Gasteiger partial charge is 0.213 e. The fraction of sp³-hybridized carbons (Fsp3) is 0.583. The molecule has 1 aliphatic rings. The molecule has 1 atom stereocenters. The monoisotopic (exact) mass is 222 g/mol. The fourth-order valence-corrected chi connectivity index (χ4v) is 1.74. The van der Waals surface area contributed by atoms with Crippen molar-refractivity contribution in [2.45, 2.75) is 25.9 Å². The van der Waals surface area contributed by atoms with Gasteiger partial charge in [0.15, 0.2) is 0 Å². The summed E-state index contributed by atoms with van der Waals surface area (Å²) in [6.07, 6.45) is 2.89. The van der Waals surface area contributed by atoms with Crippen molar-refractivity contribution >= 4 is 0 Å². The topological polar surface area (TPSA) is 43.4 Å². The Balaban J connectivity index is 1.85. The highest BCUT2D eigenvalue weighted by Gasteiger charge is 2.14. The van der Waals surface area contributed by atoms with Crippen molar-refractivity contribution in [2.75, 3.05) is 19.8 Å². The Kier molecular flexibility index (Phi) is 4.13. The minimum atomic E-state index is 0.490. The Morgan fingerprint density at radius 3 is 3.31 bits per heavy atom. The molecule has 0 aromatic carbocycles. The number of aromatic nitrogens is 1. The molecule has 0 radical (unpaired) electrons. The van der Waals surface area contributed by atoms with Crippen molar-refractivity contribution in [3.8, 4) is 5.88 Å². The van der Waals surface area contributed by atoms with Crippen molar-refractivity contribution in [1.29, 1.82) is 0 Å². The summed E-state index contributed by atoms with van der Waals surface area (Å²) in [5, 5.41) is 3.46. The van der Waals surface area contributed by atoms with Gasteiger partial charge in [-0.3, -0.25) is 0 Å². The summed E-state index contributed by atoms with van der Waals surface area (Å²) in [7, 11) is 0. The highest BCUT2D eigenvalue weighted by atomic mass is 16.5. The quantitative estimate of drug-likeness (QED) is 0.817. The maximum Gasteiger partial charge on any atom is 0.213 e.